The standard InChI is InChI=1S/C46H46N4/c1-47(2)36-23-15-32(16-24-36)42(33-17-25-37(26-18-33)48(3)4)45-40-13-9-11-31-12-10-14-41(44(31)40)46(45)43(34-19-27-38(28-20-34)49(5)6)35-21-29-39(30-22-35)50(7)8/h9-30H,1-8H3/q+2. The number of allylic oxidation sites excluding steroid dienone is 2. The van der Waals surface area contributed by atoms with Gasteiger partial charge in [0.1, 0.15) is 11.1 Å². The Hall–Kier alpha value is -5.74. The molecule has 0 bridgehead atoms. The largest absolute Gasteiger partial charge is 0.377 e. The monoisotopic (exact) mass is 654 g/mol. The third kappa shape index (κ3) is 5.92. The van der Waals surface area contributed by atoms with Crippen molar-refractivity contribution in [3.63, 3.8) is 0 Å². The summed E-state index contributed by atoms with van der Waals surface area (Å²) in [5, 5.41) is 2.56. The number of anilines is 4. The van der Waals surface area contributed by atoms with Crippen LogP contribution in [0.15, 0.2) is 133 Å². The first-order valence-corrected chi connectivity index (χ1v) is 17.2. The third-order valence-corrected chi connectivity index (χ3v) is 9.88. The predicted molar refractivity (Wildman–Crippen MR) is 217 cm³/mol. The molecule has 4 heteroatoms. The summed E-state index contributed by atoms with van der Waals surface area (Å²) in [6.07, 6.45) is 0. The molecular formula is C46H46N4+2. The normalized spacial score (nSPS) is 11.9. The summed E-state index contributed by atoms with van der Waals surface area (Å²) >= 11 is 0. The first kappa shape index (κ1) is 32.8. The van der Waals surface area contributed by atoms with Crippen LogP contribution in [0.25, 0.3) is 21.9 Å². The number of benzene rings is 6. The van der Waals surface area contributed by atoms with E-state index in [1.54, 1.807) is 0 Å². The molecule has 0 atom stereocenters. The van der Waals surface area contributed by atoms with E-state index in [0.717, 1.165) is 0 Å². The number of nitrogens with zero attached hydrogens (tertiary/aromatic N) is 4. The summed E-state index contributed by atoms with van der Waals surface area (Å²) in [6.45, 7) is 0. The van der Waals surface area contributed by atoms with Gasteiger partial charge in [0.05, 0.1) is 50.6 Å². The minimum Gasteiger partial charge on any atom is -0.377 e. The molecule has 6 aromatic carbocycles. The van der Waals surface area contributed by atoms with Crippen LogP contribution in [-0.4, -0.2) is 56.4 Å². The van der Waals surface area contributed by atoms with Gasteiger partial charge in [0, 0.05) is 79.1 Å². The molecule has 0 saturated heterocycles. The maximum absolute atomic E-state index is 2.32. The van der Waals surface area contributed by atoms with Crippen molar-refractivity contribution >= 4 is 44.7 Å². The number of hydrogen-bond donors (Lipinski definition) is 0. The Labute approximate surface area is 298 Å². The van der Waals surface area contributed by atoms with Crippen molar-refractivity contribution in [2.24, 2.45) is 0 Å². The molecule has 248 valence electrons. The second kappa shape index (κ2) is 13.3. The molecule has 0 spiro atoms. The zero-order valence-electron chi connectivity index (χ0n) is 30.5. The van der Waals surface area contributed by atoms with Crippen molar-refractivity contribution in [2.75, 3.05) is 76.0 Å². The van der Waals surface area contributed by atoms with E-state index in [9.17, 15) is 0 Å². The van der Waals surface area contributed by atoms with Crippen LogP contribution in [0.2, 0.25) is 0 Å². The fraction of sp³-hybridized carbons (Fsp3) is 0.174. The zero-order chi connectivity index (χ0) is 35.1. The van der Waals surface area contributed by atoms with Gasteiger partial charge in [-0.1, -0.05) is 24.3 Å². The summed E-state index contributed by atoms with van der Waals surface area (Å²) in [6, 6.07) is 49.7. The molecule has 0 heterocycles. The highest BCUT2D eigenvalue weighted by molar-refractivity contribution is 6.22. The molecule has 6 aromatic rings. The summed E-state index contributed by atoms with van der Waals surface area (Å²) in [5.74, 6) is 2.46. The lowest BCUT2D eigenvalue weighted by Crippen LogP contribution is -2.13. The molecule has 0 aromatic heterocycles. The SMILES string of the molecule is CN(C)c1ccc([C+](C2=C([C+](c3ccc(N(C)C)cc3)c3ccc(N(C)C)cc3)c3cccc4cccc2c34)c2ccc(N(C)C)cc2)cc1. The first-order chi connectivity index (χ1) is 24.1. The van der Waals surface area contributed by atoms with Crippen LogP contribution < -0.4 is 19.6 Å². The quantitative estimate of drug-likeness (QED) is 0.136. The van der Waals surface area contributed by atoms with Gasteiger partial charge in [0.25, 0.3) is 0 Å². The molecule has 50 heavy (non-hydrogen) atoms. The molecule has 0 radical (unpaired) electrons. The van der Waals surface area contributed by atoms with Gasteiger partial charge >= 0.3 is 0 Å². The smallest absolute Gasteiger partial charge is 0.115 e. The maximum Gasteiger partial charge on any atom is 0.115 e. The van der Waals surface area contributed by atoms with Crippen molar-refractivity contribution in [2.45, 2.75) is 0 Å². The minimum atomic E-state index is 1.18. The van der Waals surface area contributed by atoms with Gasteiger partial charge in [0.15, 0.2) is 0 Å². The third-order valence-electron chi connectivity index (χ3n) is 9.88. The average Bonchev–Trinajstić information content (AvgIpc) is 3.44. The fourth-order valence-electron chi connectivity index (χ4n) is 7.16. The summed E-state index contributed by atoms with van der Waals surface area (Å²) in [7, 11) is 16.8. The van der Waals surface area contributed by atoms with Crippen LogP contribution in [-0.2, 0) is 0 Å². The predicted octanol–water partition coefficient (Wildman–Crippen LogP) is 9.67. The number of rotatable bonds is 10. The van der Waals surface area contributed by atoms with E-state index >= 15 is 0 Å². The van der Waals surface area contributed by atoms with Crippen LogP contribution in [0.1, 0.15) is 33.4 Å². The molecule has 4 nitrogen and oxygen atoms in total. The Morgan fingerprint density at radius 3 is 0.820 bits per heavy atom. The molecule has 0 saturated carbocycles. The molecule has 0 N–H and O–H groups in total. The zero-order valence-corrected chi connectivity index (χ0v) is 30.5. The van der Waals surface area contributed by atoms with Crippen LogP contribution in [0.3, 0.4) is 0 Å². The molecule has 7 rings (SSSR count). The van der Waals surface area contributed by atoms with E-state index in [0.29, 0.717) is 0 Å². The van der Waals surface area contributed by atoms with Crippen LogP contribution in [0.4, 0.5) is 22.7 Å². The highest BCUT2D eigenvalue weighted by Gasteiger charge is 2.44. The van der Waals surface area contributed by atoms with E-state index in [1.807, 2.05) is 0 Å². The average molecular weight is 655 g/mol. The molecule has 0 aliphatic heterocycles. The van der Waals surface area contributed by atoms with Crippen molar-refractivity contribution in [1.82, 2.24) is 0 Å². The Morgan fingerprint density at radius 1 is 0.320 bits per heavy atom. The van der Waals surface area contributed by atoms with Crippen LogP contribution >= 0.6 is 0 Å². The lowest BCUT2D eigenvalue weighted by Gasteiger charge is -2.21. The van der Waals surface area contributed by atoms with Crippen molar-refractivity contribution in [3.8, 4) is 0 Å². The summed E-state index contributed by atoms with van der Waals surface area (Å²) in [5.41, 5.74) is 14.5. The van der Waals surface area contributed by atoms with E-state index < -0.39 is 0 Å². The molecule has 1 aliphatic carbocycles. The summed E-state index contributed by atoms with van der Waals surface area (Å²) in [4.78, 5) is 8.64. The van der Waals surface area contributed by atoms with Crippen molar-refractivity contribution in [1.29, 1.82) is 0 Å². The highest BCUT2D eigenvalue weighted by Crippen LogP contribution is 2.55. The van der Waals surface area contributed by atoms with Gasteiger partial charge in [-0.2, -0.15) is 0 Å². The Morgan fingerprint density at radius 2 is 0.580 bits per heavy atom. The summed E-state index contributed by atoms with van der Waals surface area (Å²) < 4.78 is 0. The van der Waals surface area contributed by atoms with Gasteiger partial charge in [-0.3, -0.25) is 0 Å². The topological polar surface area (TPSA) is 13.0 Å². The number of hydrogen-bond acceptors (Lipinski definition) is 4. The van der Waals surface area contributed by atoms with Crippen molar-refractivity contribution < 1.29 is 0 Å². The van der Waals surface area contributed by atoms with Crippen molar-refractivity contribution in [3.05, 3.63) is 179 Å². The van der Waals surface area contributed by atoms with E-state index in [-0.39, 0.29) is 0 Å². The van der Waals surface area contributed by atoms with E-state index in [2.05, 4.69) is 209 Å². The molecule has 0 unspecified atom stereocenters. The molecular weight excluding hydrogens is 609 g/mol. The van der Waals surface area contributed by atoms with Crippen LogP contribution in [0, 0.1) is 11.8 Å². The lowest BCUT2D eigenvalue weighted by molar-refractivity contribution is 1.12. The molecule has 1 aliphatic rings. The second-order valence-corrected chi connectivity index (χ2v) is 14.0. The Kier molecular flexibility index (Phi) is 8.71. The van der Waals surface area contributed by atoms with Gasteiger partial charge in [0.2, 0.25) is 0 Å². The highest BCUT2D eigenvalue weighted by atomic mass is 15.1. The molecule has 0 fully saturated rings. The van der Waals surface area contributed by atoms with Gasteiger partial charge in [-0.05, 0) is 115 Å². The van der Waals surface area contributed by atoms with Gasteiger partial charge in [-0.25, -0.2) is 0 Å². The lowest BCUT2D eigenvalue weighted by atomic mass is 9.75. The Balaban J connectivity index is 1.56. The fourth-order valence-corrected chi connectivity index (χ4v) is 7.16. The van der Waals surface area contributed by atoms with Crippen LogP contribution in [0.5, 0.6) is 0 Å². The molecule has 0 amide bonds. The van der Waals surface area contributed by atoms with E-state index in [1.165, 1.54) is 89.9 Å². The first-order valence-electron chi connectivity index (χ1n) is 17.2. The van der Waals surface area contributed by atoms with E-state index in [4.69, 9.17) is 0 Å². The Bertz CT molecular complexity index is 1880. The second-order valence-electron chi connectivity index (χ2n) is 14.0. The van der Waals surface area contributed by atoms with Gasteiger partial charge in [-0.15, -0.1) is 0 Å². The maximum atomic E-state index is 2.32. The minimum absolute atomic E-state index is 1.18. The van der Waals surface area contributed by atoms with Gasteiger partial charge < -0.3 is 19.6 Å².